The Morgan fingerprint density at radius 3 is 2.36 bits per heavy atom. The topological polar surface area (TPSA) is 61.6 Å². The molecular formula is C20H19NO4. The van der Waals surface area contributed by atoms with Gasteiger partial charge >= 0.3 is 5.97 Å². The van der Waals surface area contributed by atoms with Gasteiger partial charge in [0.15, 0.2) is 0 Å². The van der Waals surface area contributed by atoms with Crippen LogP contribution in [0.4, 0.5) is 0 Å². The first kappa shape index (κ1) is 16.8. The quantitative estimate of drug-likeness (QED) is 0.630. The summed E-state index contributed by atoms with van der Waals surface area (Å²) in [5.74, 6) is 0.968. The maximum absolute atomic E-state index is 12.1. The normalized spacial score (nSPS) is 10.5. The van der Waals surface area contributed by atoms with E-state index in [1.807, 2.05) is 37.3 Å². The zero-order chi connectivity index (χ0) is 17.6. The zero-order valence-electron chi connectivity index (χ0n) is 14.2. The van der Waals surface area contributed by atoms with E-state index in [9.17, 15) is 4.79 Å². The lowest BCUT2D eigenvalue weighted by molar-refractivity contribution is 0.0471. The van der Waals surface area contributed by atoms with Crippen LogP contribution in [0, 0.1) is 13.8 Å². The summed E-state index contributed by atoms with van der Waals surface area (Å²) in [6, 6.07) is 16.8. The Kier molecular flexibility index (Phi) is 5.14. The maximum Gasteiger partial charge on any atom is 0.338 e. The van der Waals surface area contributed by atoms with Crippen molar-refractivity contribution in [3.05, 3.63) is 82.7 Å². The van der Waals surface area contributed by atoms with Gasteiger partial charge in [0, 0.05) is 0 Å². The van der Waals surface area contributed by atoms with Gasteiger partial charge in [-0.3, -0.25) is 0 Å². The number of aryl methyl sites for hydroxylation is 2. The van der Waals surface area contributed by atoms with Crippen LogP contribution in [0.25, 0.3) is 0 Å². The van der Waals surface area contributed by atoms with Crippen molar-refractivity contribution in [3.8, 4) is 5.75 Å². The minimum Gasteiger partial charge on any atom is -0.489 e. The van der Waals surface area contributed by atoms with Crippen molar-refractivity contribution in [2.24, 2.45) is 0 Å². The highest BCUT2D eigenvalue weighted by Gasteiger charge is 2.13. The number of nitrogens with zero attached hydrogens (tertiary/aromatic N) is 1. The third kappa shape index (κ3) is 4.26. The van der Waals surface area contributed by atoms with Crippen LogP contribution in [-0.2, 0) is 18.0 Å². The van der Waals surface area contributed by atoms with Gasteiger partial charge in [-0.1, -0.05) is 35.5 Å². The first-order valence-electron chi connectivity index (χ1n) is 7.99. The van der Waals surface area contributed by atoms with Crippen molar-refractivity contribution in [1.29, 1.82) is 0 Å². The van der Waals surface area contributed by atoms with Gasteiger partial charge in [-0.05, 0) is 43.7 Å². The van der Waals surface area contributed by atoms with E-state index < -0.39 is 5.97 Å². The Morgan fingerprint density at radius 2 is 1.72 bits per heavy atom. The largest absolute Gasteiger partial charge is 0.489 e. The second-order valence-corrected chi connectivity index (χ2v) is 5.68. The van der Waals surface area contributed by atoms with Crippen molar-refractivity contribution < 1.29 is 18.8 Å². The fourth-order valence-corrected chi connectivity index (χ4v) is 2.36. The van der Waals surface area contributed by atoms with Gasteiger partial charge in [-0.2, -0.15) is 0 Å². The molecule has 3 rings (SSSR count). The Bertz CT molecular complexity index is 818. The summed E-state index contributed by atoms with van der Waals surface area (Å²) in [6.45, 7) is 4.24. The number of hydrogen-bond acceptors (Lipinski definition) is 5. The molecule has 0 saturated carbocycles. The molecule has 2 aromatic carbocycles. The molecule has 5 nitrogen and oxygen atoms in total. The summed E-state index contributed by atoms with van der Waals surface area (Å²) in [5.41, 5.74) is 3.09. The molecule has 1 aromatic heterocycles. The fraction of sp³-hybridized carbons (Fsp3) is 0.200. The average Bonchev–Trinajstić information content (AvgIpc) is 2.97. The molecule has 0 aliphatic heterocycles. The molecule has 0 spiro atoms. The fourth-order valence-electron chi connectivity index (χ4n) is 2.36. The molecule has 0 aliphatic carbocycles. The second kappa shape index (κ2) is 7.66. The maximum atomic E-state index is 12.1. The summed E-state index contributed by atoms with van der Waals surface area (Å²) in [5, 5.41) is 3.84. The Labute approximate surface area is 146 Å². The third-order valence-electron chi connectivity index (χ3n) is 3.87. The van der Waals surface area contributed by atoms with E-state index >= 15 is 0 Å². The SMILES string of the molecule is Cc1noc(C)c1COC(=O)c1ccc(OCc2ccccc2)cc1. The monoisotopic (exact) mass is 337 g/mol. The van der Waals surface area contributed by atoms with Crippen molar-refractivity contribution in [2.45, 2.75) is 27.1 Å². The molecule has 128 valence electrons. The van der Waals surface area contributed by atoms with Crippen LogP contribution in [0.3, 0.4) is 0 Å². The van der Waals surface area contributed by atoms with Crippen molar-refractivity contribution in [1.82, 2.24) is 5.16 Å². The minimum absolute atomic E-state index is 0.145. The lowest BCUT2D eigenvalue weighted by atomic mass is 10.2. The number of ether oxygens (including phenoxy) is 2. The van der Waals surface area contributed by atoms with Gasteiger partial charge < -0.3 is 14.0 Å². The molecule has 25 heavy (non-hydrogen) atoms. The van der Waals surface area contributed by atoms with Gasteiger partial charge in [0.25, 0.3) is 0 Å². The minimum atomic E-state index is -0.394. The Balaban J connectivity index is 1.55. The van der Waals surface area contributed by atoms with Crippen molar-refractivity contribution >= 4 is 5.97 Å². The van der Waals surface area contributed by atoms with Gasteiger partial charge in [0.2, 0.25) is 0 Å². The van der Waals surface area contributed by atoms with Crippen LogP contribution >= 0.6 is 0 Å². The molecule has 0 fully saturated rings. The molecule has 5 heteroatoms. The molecule has 0 amide bonds. The predicted molar refractivity (Wildman–Crippen MR) is 92.3 cm³/mol. The van der Waals surface area contributed by atoms with Gasteiger partial charge in [-0.25, -0.2) is 4.79 Å². The second-order valence-electron chi connectivity index (χ2n) is 5.68. The van der Waals surface area contributed by atoms with Crippen LogP contribution < -0.4 is 4.74 Å². The molecule has 0 aliphatic rings. The number of carbonyl (C=O) groups is 1. The summed E-state index contributed by atoms with van der Waals surface area (Å²) in [6.07, 6.45) is 0. The van der Waals surface area contributed by atoms with E-state index in [4.69, 9.17) is 14.0 Å². The number of hydrogen-bond donors (Lipinski definition) is 0. The van der Waals surface area contributed by atoms with Gasteiger partial charge in [-0.15, -0.1) is 0 Å². The first-order chi connectivity index (χ1) is 12.1. The molecule has 0 bridgehead atoms. The standard InChI is InChI=1S/C20H19NO4/c1-14-19(15(2)25-21-14)13-24-20(22)17-8-10-18(11-9-17)23-12-16-6-4-3-5-7-16/h3-11H,12-13H2,1-2H3. The number of rotatable bonds is 6. The third-order valence-corrected chi connectivity index (χ3v) is 3.87. The lowest BCUT2D eigenvalue weighted by Gasteiger charge is -2.08. The number of benzene rings is 2. The number of carbonyl (C=O) groups excluding carboxylic acids is 1. The molecular weight excluding hydrogens is 318 g/mol. The van der Waals surface area contributed by atoms with Crippen molar-refractivity contribution in [2.75, 3.05) is 0 Å². The summed E-state index contributed by atoms with van der Waals surface area (Å²) < 4.78 is 16.1. The van der Waals surface area contributed by atoms with Gasteiger partial charge in [0.05, 0.1) is 16.8 Å². The van der Waals surface area contributed by atoms with E-state index in [2.05, 4.69) is 5.16 Å². The summed E-state index contributed by atoms with van der Waals surface area (Å²) in [7, 11) is 0. The lowest BCUT2D eigenvalue weighted by Crippen LogP contribution is -2.06. The smallest absolute Gasteiger partial charge is 0.338 e. The number of esters is 1. The van der Waals surface area contributed by atoms with E-state index in [0.717, 1.165) is 16.8 Å². The van der Waals surface area contributed by atoms with E-state index in [0.29, 0.717) is 23.7 Å². The molecule has 0 unspecified atom stereocenters. The van der Waals surface area contributed by atoms with E-state index in [-0.39, 0.29) is 6.61 Å². The van der Waals surface area contributed by atoms with Crippen LogP contribution in [0.5, 0.6) is 5.75 Å². The molecule has 0 atom stereocenters. The highest BCUT2D eigenvalue weighted by molar-refractivity contribution is 5.89. The first-order valence-corrected chi connectivity index (χ1v) is 7.99. The highest BCUT2D eigenvalue weighted by Crippen LogP contribution is 2.17. The van der Waals surface area contributed by atoms with Crippen LogP contribution in [0.1, 0.15) is 32.9 Å². The van der Waals surface area contributed by atoms with Crippen molar-refractivity contribution in [3.63, 3.8) is 0 Å². The van der Waals surface area contributed by atoms with E-state index in [1.54, 1.807) is 31.2 Å². The molecule has 0 N–H and O–H groups in total. The highest BCUT2D eigenvalue weighted by atomic mass is 16.5. The van der Waals surface area contributed by atoms with E-state index in [1.165, 1.54) is 0 Å². The Hall–Kier alpha value is -3.08. The molecule has 0 saturated heterocycles. The number of aromatic nitrogens is 1. The predicted octanol–water partition coefficient (Wildman–Crippen LogP) is 4.23. The van der Waals surface area contributed by atoms with Crippen LogP contribution in [-0.4, -0.2) is 11.1 Å². The molecule has 0 radical (unpaired) electrons. The van der Waals surface area contributed by atoms with Crippen LogP contribution in [0.2, 0.25) is 0 Å². The molecule has 3 aromatic rings. The summed E-state index contributed by atoms with van der Waals surface area (Å²) in [4.78, 5) is 12.1. The molecule has 1 heterocycles. The average molecular weight is 337 g/mol. The zero-order valence-corrected chi connectivity index (χ0v) is 14.2. The Morgan fingerprint density at radius 1 is 1.00 bits per heavy atom. The summed E-state index contributed by atoms with van der Waals surface area (Å²) >= 11 is 0. The van der Waals surface area contributed by atoms with Gasteiger partial charge in [0.1, 0.15) is 24.7 Å². The van der Waals surface area contributed by atoms with Crippen LogP contribution in [0.15, 0.2) is 59.1 Å².